The maximum absolute atomic E-state index is 3.27. The van der Waals surface area contributed by atoms with Crippen LogP contribution in [0.2, 0.25) is 0 Å². The standard InChI is InChI=1S/C17H26N2/c1-18-9-6-14-7-10-19(11-8-14)13-16-12-15-4-2-3-5-17(15)16/h2-5,14,16,18H,6-13H2,1H3. The summed E-state index contributed by atoms with van der Waals surface area (Å²) in [5, 5.41) is 3.27. The van der Waals surface area contributed by atoms with E-state index in [0.717, 1.165) is 11.8 Å². The van der Waals surface area contributed by atoms with E-state index in [9.17, 15) is 0 Å². The fourth-order valence-electron chi connectivity index (χ4n) is 3.64. The van der Waals surface area contributed by atoms with Crippen LogP contribution >= 0.6 is 0 Å². The smallest absolute Gasteiger partial charge is 0.00536 e. The molecule has 1 aliphatic carbocycles. The molecule has 0 bridgehead atoms. The van der Waals surface area contributed by atoms with Crippen molar-refractivity contribution < 1.29 is 0 Å². The maximum atomic E-state index is 3.27. The number of nitrogens with one attached hydrogen (secondary N) is 1. The first-order valence-corrected chi connectivity index (χ1v) is 7.81. The van der Waals surface area contributed by atoms with Crippen LogP contribution in [0.25, 0.3) is 0 Å². The average molecular weight is 258 g/mol. The molecule has 3 rings (SSSR count). The molecular weight excluding hydrogens is 232 g/mol. The van der Waals surface area contributed by atoms with Crippen LogP contribution in [0.5, 0.6) is 0 Å². The van der Waals surface area contributed by atoms with Gasteiger partial charge in [0.1, 0.15) is 0 Å². The van der Waals surface area contributed by atoms with Crippen molar-refractivity contribution >= 4 is 0 Å². The van der Waals surface area contributed by atoms with Gasteiger partial charge in [-0.15, -0.1) is 0 Å². The summed E-state index contributed by atoms with van der Waals surface area (Å²) >= 11 is 0. The molecule has 2 aliphatic rings. The molecule has 1 aliphatic heterocycles. The lowest BCUT2D eigenvalue weighted by atomic mass is 9.77. The third-order valence-electron chi connectivity index (χ3n) is 4.95. The van der Waals surface area contributed by atoms with E-state index >= 15 is 0 Å². The van der Waals surface area contributed by atoms with Gasteiger partial charge < -0.3 is 10.2 Å². The highest BCUT2D eigenvalue weighted by atomic mass is 15.1. The molecule has 2 nitrogen and oxygen atoms in total. The van der Waals surface area contributed by atoms with Gasteiger partial charge in [-0.3, -0.25) is 0 Å². The van der Waals surface area contributed by atoms with E-state index in [1.165, 1.54) is 51.9 Å². The highest BCUT2D eigenvalue weighted by Gasteiger charge is 2.28. The Labute approximate surface area is 117 Å². The Bertz CT molecular complexity index is 407. The molecule has 1 unspecified atom stereocenters. The first-order valence-electron chi connectivity index (χ1n) is 7.81. The van der Waals surface area contributed by atoms with E-state index in [0.29, 0.717) is 0 Å². The summed E-state index contributed by atoms with van der Waals surface area (Å²) in [6.07, 6.45) is 5.46. The van der Waals surface area contributed by atoms with Crippen LogP contribution in [0.3, 0.4) is 0 Å². The van der Waals surface area contributed by atoms with Crippen molar-refractivity contribution in [2.45, 2.75) is 31.6 Å². The fourth-order valence-corrected chi connectivity index (χ4v) is 3.64. The lowest BCUT2D eigenvalue weighted by Gasteiger charge is -2.38. The molecule has 1 aromatic rings. The van der Waals surface area contributed by atoms with Gasteiger partial charge in [0.15, 0.2) is 0 Å². The van der Waals surface area contributed by atoms with E-state index < -0.39 is 0 Å². The lowest BCUT2D eigenvalue weighted by molar-refractivity contribution is 0.166. The van der Waals surface area contributed by atoms with Crippen LogP contribution in [0.15, 0.2) is 24.3 Å². The minimum absolute atomic E-state index is 0.810. The molecule has 2 heteroatoms. The number of hydrogen-bond donors (Lipinski definition) is 1. The minimum Gasteiger partial charge on any atom is -0.320 e. The average Bonchev–Trinajstić information content (AvgIpc) is 2.44. The van der Waals surface area contributed by atoms with Gasteiger partial charge in [-0.05, 0) is 69.4 Å². The molecule has 1 N–H and O–H groups in total. The van der Waals surface area contributed by atoms with Gasteiger partial charge in [0.05, 0.1) is 0 Å². The number of fused-ring (bicyclic) bond motifs is 1. The van der Waals surface area contributed by atoms with E-state index in [4.69, 9.17) is 0 Å². The molecule has 19 heavy (non-hydrogen) atoms. The lowest BCUT2D eigenvalue weighted by Crippen LogP contribution is -2.39. The first kappa shape index (κ1) is 13.1. The van der Waals surface area contributed by atoms with Gasteiger partial charge >= 0.3 is 0 Å². The normalized spacial score (nSPS) is 23.9. The van der Waals surface area contributed by atoms with Crippen LogP contribution in [0.1, 0.15) is 36.3 Å². The topological polar surface area (TPSA) is 15.3 Å². The maximum Gasteiger partial charge on any atom is 0.00536 e. The summed E-state index contributed by atoms with van der Waals surface area (Å²) in [4.78, 5) is 2.69. The summed E-state index contributed by atoms with van der Waals surface area (Å²) in [5.41, 5.74) is 3.19. The highest BCUT2D eigenvalue weighted by molar-refractivity contribution is 5.40. The van der Waals surface area contributed by atoms with Crippen molar-refractivity contribution in [2.24, 2.45) is 5.92 Å². The first-order chi connectivity index (χ1) is 9.36. The molecule has 0 radical (unpaired) electrons. The number of piperidine rings is 1. The second-order valence-corrected chi connectivity index (χ2v) is 6.24. The third-order valence-corrected chi connectivity index (χ3v) is 4.95. The molecule has 1 heterocycles. The van der Waals surface area contributed by atoms with E-state index in [-0.39, 0.29) is 0 Å². The Morgan fingerprint density at radius 1 is 1.21 bits per heavy atom. The molecular formula is C17H26N2. The molecule has 0 saturated carbocycles. The van der Waals surface area contributed by atoms with Crippen LogP contribution < -0.4 is 5.32 Å². The van der Waals surface area contributed by atoms with Crippen LogP contribution in [-0.4, -0.2) is 38.1 Å². The largest absolute Gasteiger partial charge is 0.320 e. The van der Waals surface area contributed by atoms with Crippen LogP contribution in [0, 0.1) is 5.92 Å². The number of likely N-dealkylation sites (tertiary alicyclic amines) is 1. The zero-order chi connectivity index (χ0) is 13.1. The SMILES string of the molecule is CNCCC1CCN(CC2Cc3ccccc32)CC1. The van der Waals surface area contributed by atoms with Crippen molar-refractivity contribution in [3.05, 3.63) is 35.4 Å². The van der Waals surface area contributed by atoms with Gasteiger partial charge in [-0.2, -0.15) is 0 Å². The highest BCUT2D eigenvalue weighted by Crippen LogP contribution is 2.36. The zero-order valence-corrected chi connectivity index (χ0v) is 12.1. The Morgan fingerprint density at radius 3 is 2.74 bits per heavy atom. The summed E-state index contributed by atoms with van der Waals surface area (Å²) in [5.74, 6) is 1.77. The van der Waals surface area contributed by atoms with Gasteiger partial charge in [0.2, 0.25) is 0 Å². The Morgan fingerprint density at radius 2 is 2.00 bits per heavy atom. The van der Waals surface area contributed by atoms with E-state index in [2.05, 4.69) is 41.5 Å². The number of rotatable bonds is 5. The Balaban J connectivity index is 1.44. The molecule has 1 fully saturated rings. The van der Waals surface area contributed by atoms with Gasteiger partial charge in [-0.25, -0.2) is 0 Å². The number of nitrogens with zero attached hydrogens (tertiary/aromatic N) is 1. The van der Waals surface area contributed by atoms with Crippen molar-refractivity contribution in [1.82, 2.24) is 10.2 Å². The minimum atomic E-state index is 0.810. The molecule has 1 saturated heterocycles. The number of benzene rings is 1. The van der Waals surface area contributed by atoms with Crippen LogP contribution in [0.4, 0.5) is 0 Å². The number of hydrogen-bond acceptors (Lipinski definition) is 2. The molecule has 1 aromatic carbocycles. The van der Waals surface area contributed by atoms with Gasteiger partial charge in [0, 0.05) is 12.5 Å². The third kappa shape index (κ3) is 3.01. The van der Waals surface area contributed by atoms with Crippen molar-refractivity contribution in [1.29, 1.82) is 0 Å². The summed E-state index contributed by atoms with van der Waals surface area (Å²) < 4.78 is 0. The summed E-state index contributed by atoms with van der Waals surface area (Å²) in [6, 6.07) is 8.97. The fraction of sp³-hybridized carbons (Fsp3) is 0.647. The molecule has 1 atom stereocenters. The van der Waals surface area contributed by atoms with E-state index in [1.807, 2.05) is 0 Å². The van der Waals surface area contributed by atoms with Crippen molar-refractivity contribution in [2.75, 3.05) is 33.2 Å². The Kier molecular flexibility index (Phi) is 4.19. The summed E-state index contributed by atoms with van der Waals surface area (Å²) in [7, 11) is 2.06. The summed E-state index contributed by atoms with van der Waals surface area (Å²) in [6.45, 7) is 5.09. The predicted octanol–water partition coefficient (Wildman–Crippen LogP) is 2.65. The molecule has 0 spiro atoms. The van der Waals surface area contributed by atoms with Crippen molar-refractivity contribution in [3.8, 4) is 0 Å². The quantitative estimate of drug-likeness (QED) is 0.873. The molecule has 104 valence electrons. The van der Waals surface area contributed by atoms with Gasteiger partial charge in [-0.1, -0.05) is 24.3 Å². The second kappa shape index (κ2) is 6.06. The van der Waals surface area contributed by atoms with E-state index in [1.54, 1.807) is 11.1 Å². The zero-order valence-electron chi connectivity index (χ0n) is 12.1. The van der Waals surface area contributed by atoms with Gasteiger partial charge in [0.25, 0.3) is 0 Å². The molecule has 0 amide bonds. The molecule has 0 aromatic heterocycles. The second-order valence-electron chi connectivity index (χ2n) is 6.24. The van der Waals surface area contributed by atoms with Crippen molar-refractivity contribution in [3.63, 3.8) is 0 Å². The monoisotopic (exact) mass is 258 g/mol. The Hall–Kier alpha value is -0.860. The van der Waals surface area contributed by atoms with Crippen LogP contribution in [-0.2, 0) is 6.42 Å². The predicted molar refractivity (Wildman–Crippen MR) is 80.6 cm³/mol.